The number of hydrogen-bond donors (Lipinski definition) is 1. The van der Waals surface area contributed by atoms with Crippen molar-refractivity contribution in [3.05, 3.63) is 18.7 Å². The Morgan fingerprint density at radius 3 is 2.82 bits per heavy atom. The molecule has 28 heavy (non-hydrogen) atoms. The molecule has 3 rings (SSSR count). The van der Waals surface area contributed by atoms with E-state index in [4.69, 9.17) is 14.5 Å². The summed E-state index contributed by atoms with van der Waals surface area (Å²) in [5, 5.41) is 3.44. The number of hydrogen-bond acceptors (Lipinski definition) is 4. The molecule has 0 spiro atoms. The predicted molar refractivity (Wildman–Crippen MR) is 122 cm³/mol. The van der Waals surface area contributed by atoms with E-state index in [9.17, 15) is 0 Å². The number of aryl methyl sites for hydroxylation is 1. The summed E-state index contributed by atoms with van der Waals surface area (Å²) in [6, 6.07) is 0. The number of ether oxygens (including phenoxy) is 2. The highest BCUT2D eigenvalue weighted by atomic mass is 127. The maximum Gasteiger partial charge on any atom is 0.193 e. The predicted octanol–water partition coefficient (Wildman–Crippen LogP) is 2.91. The number of nitrogens with one attached hydrogen (secondary N) is 1. The Hall–Kier alpha value is -0.870. The van der Waals surface area contributed by atoms with Gasteiger partial charge in [-0.05, 0) is 45.4 Å². The zero-order valence-corrected chi connectivity index (χ0v) is 19.4. The van der Waals surface area contributed by atoms with E-state index in [1.807, 2.05) is 18.7 Å². The molecule has 1 N–H and O–H groups in total. The molecule has 7 nitrogen and oxygen atoms in total. The van der Waals surface area contributed by atoms with E-state index in [0.29, 0.717) is 12.2 Å². The lowest BCUT2D eigenvalue weighted by atomic mass is 10.1. The second kappa shape index (κ2) is 13.4. The minimum absolute atomic E-state index is 0. The topological polar surface area (TPSA) is 63.9 Å². The van der Waals surface area contributed by atoms with Crippen LogP contribution in [0.2, 0.25) is 0 Å². The van der Waals surface area contributed by atoms with Gasteiger partial charge < -0.3 is 24.3 Å². The summed E-state index contributed by atoms with van der Waals surface area (Å²) in [6.07, 6.45) is 13.1. The van der Waals surface area contributed by atoms with Crippen LogP contribution in [-0.2, 0) is 16.0 Å². The molecule has 1 aromatic heterocycles. The highest BCUT2D eigenvalue weighted by Gasteiger charge is 2.23. The summed E-state index contributed by atoms with van der Waals surface area (Å²) in [6.45, 7) is 8.48. The number of piperidine rings is 1. The number of aliphatic imine (C=N–C) groups is 1. The summed E-state index contributed by atoms with van der Waals surface area (Å²) < 4.78 is 14.0. The summed E-state index contributed by atoms with van der Waals surface area (Å²) in [5.41, 5.74) is 0. The van der Waals surface area contributed by atoms with Crippen molar-refractivity contribution in [3.63, 3.8) is 0 Å². The maximum absolute atomic E-state index is 6.13. The zero-order valence-electron chi connectivity index (χ0n) is 17.1. The average Bonchev–Trinajstić information content (AvgIpc) is 3.24. The summed E-state index contributed by atoms with van der Waals surface area (Å²) in [4.78, 5) is 11.3. The fourth-order valence-corrected chi connectivity index (χ4v) is 3.70. The van der Waals surface area contributed by atoms with Crippen molar-refractivity contribution in [2.75, 3.05) is 39.4 Å². The van der Waals surface area contributed by atoms with E-state index in [2.05, 4.69) is 26.7 Å². The smallest absolute Gasteiger partial charge is 0.193 e. The molecular formula is C20H36IN5O2. The van der Waals surface area contributed by atoms with E-state index in [0.717, 1.165) is 77.6 Å². The molecule has 8 heteroatoms. The minimum Gasteiger partial charge on any atom is -0.376 e. The van der Waals surface area contributed by atoms with Gasteiger partial charge in [0.2, 0.25) is 0 Å². The molecular weight excluding hydrogens is 469 g/mol. The number of aromatic nitrogens is 2. The van der Waals surface area contributed by atoms with Gasteiger partial charge in [-0.15, -0.1) is 24.0 Å². The van der Waals surface area contributed by atoms with E-state index in [1.165, 1.54) is 12.8 Å². The first-order valence-electron chi connectivity index (χ1n) is 10.6. The SMILES string of the molecule is CCNC(=NCCCn1ccnc1)N1CCC(OCC2CCCCO2)CC1.I. The van der Waals surface area contributed by atoms with Crippen molar-refractivity contribution in [2.24, 2.45) is 4.99 Å². The molecule has 2 aliphatic heterocycles. The van der Waals surface area contributed by atoms with Gasteiger partial charge in [0.25, 0.3) is 0 Å². The Morgan fingerprint density at radius 1 is 1.29 bits per heavy atom. The van der Waals surface area contributed by atoms with Crippen molar-refractivity contribution in [3.8, 4) is 0 Å². The van der Waals surface area contributed by atoms with Gasteiger partial charge in [-0.2, -0.15) is 0 Å². The quantitative estimate of drug-likeness (QED) is 0.255. The second-order valence-electron chi connectivity index (χ2n) is 7.40. The molecule has 160 valence electrons. The molecule has 0 saturated carbocycles. The Morgan fingerprint density at radius 2 is 2.14 bits per heavy atom. The van der Waals surface area contributed by atoms with Gasteiger partial charge in [-0.1, -0.05) is 0 Å². The van der Waals surface area contributed by atoms with Crippen LogP contribution in [0.3, 0.4) is 0 Å². The number of imidazole rings is 1. The van der Waals surface area contributed by atoms with E-state index >= 15 is 0 Å². The molecule has 1 atom stereocenters. The van der Waals surface area contributed by atoms with Crippen molar-refractivity contribution in [2.45, 2.75) is 64.2 Å². The van der Waals surface area contributed by atoms with Crippen molar-refractivity contribution in [1.29, 1.82) is 0 Å². The van der Waals surface area contributed by atoms with Crippen molar-refractivity contribution >= 4 is 29.9 Å². The van der Waals surface area contributed by atoms with Crippen LogP contribution in [0.15, 0.2) is 23.7 Å². The Labute approximate surface area is 186 Å². The lowest BCUT2D eigenvalue weighted by Gasteiger charge is -2.35. The summed E-state index contributed by atoms with van der Waals surface area (Å²) >= 11 is 0. The molecule has 0 amide bonds. The summed E-state index contributed by atoms with van der Waals surface area (Å²) in [5.74, 6) is 1.04. The van der Waals surface area contributed by atoms with Crippen LogP contribution >= 0.6 is 24.0 Å². The lowest BCUT2D eigenvalue weighted by Crippen LogP contribution is -2.47. The van der Waals surface area contributed by atoms with Gasteiger partial charge in [0, 0.05) is 51.7 Å². The normalized spacial score (nSPS) is 21.4. The Kier molecular flexibility index (Phi) is 11.2. The number of guanidine groups is 1. The van der Waals surface area contributed by atoms with Crippen LogP contribution in [-0.4, -0.2) is 72.0 Å². The lowest BCUT2D eigenvalue weighted by molar-refractivity contribution is -0.0721. The molecule has 0 bridgehead atoms. The molecule has 2 aliphatic rings. The third kappa shape index (κ3) is 7.87. The van der Waals surface area contributed by atoms with Crippen LogP contribution in [0.1, 0.15) is 45.4 Å². The number of nitrogens with zero attached hydrogens (tertiary/aromatic N) is 4. The van der Waals surface area contributed by atoms with E-state index in [-0.39, 0.29) is 24.0 Å². The molecule has 2 saturated heterocycles. The molecule has 0 aliphatic carbocycles. The highest BCUT2D eigenvalue weighted by molar-refractivity contribution is 14.0. The van der Waals surface area contributed by atoms with Gasteiger partial charge in [0.1, 0.15) is 0 Å². The van der Waals surface area contributed by atoms with Crippen LogP contribution < -0.4 is 5.32 Å². The first-order chi connectivity index (χ1) is 13.3. The first kappa shape index (κ1) is 23.4. The molecule has 1 aromatic rings. The van der Waals surface area contributed by atoms with Gasteiger partial charge in [-0.25, -0.2) is 4.98 Å². The van der Waals surface area contributed by atoms with Gasteiger partial charge in [0.15, 0.2) is 5.96 Å². The molecule has 3 heterocycles. The highest BCUT2D eigenvalue weighted by Crippen LogP contribution is 2.18. The number of halogens is 1. The standard InChI is InChI=1S/C20H35N5O2.HI/c1-2-22-20(23-9-5-11-24-14-10-21-17-24)25-12-7-18(8-13-25)27-16-19-6-3-4-15-26-19;/h10,14,17-19H,2-9,11-13,15-16H2,1H3,(H,22,23);1H. The average molecular weight is 505 g/mol. The Balaban J connectivity index is 0.00000280. The fourth-order valence-electron chi connectivity index (χ4n) is 3.70. The van der Waals surface area contributed by atoms with Gasteiger partial charge in [-0.3, -0.25) is 4.99 Å². The first-order valence-corrected chi connectivity index (χ1v) is 10.6. The van der Waals surface area contributed by atoms with E-state index < -0.39 is 0 Å². The molecule has 2 fully saturated rings. The largest absolute Gasteiger partial charge is 0.376 e. The monoisotopic (exact) mass is 505 g/mol. The zero-order chi connectivity index (χ0) is 18.7. The number of likely N-dealkylation sites (tertiary alicyclic amines) is 1. The second-order valence-corrected chi connectivity index (χ2v) is 7.40. The van der Waals surface area contributed by atoms with Crippen LogP contribution in [0.4, 0.5) is 0 Å². The van der Waals surface area contributed by atoms with Crippen LogP contribution in [0.5, 0.6) is 0 Å². The maximum atomic E-state index is 6.13. The van der Waals surface area contributed by atoms with Crippen molar-refractivity contribution < 1.29 is 9.47 Å². The van der Waals surface area contributed by atoms with Crippen LogP contribution in [0.25, 0.3) is 0 Å². The number of rotatable bonds is 8. The third-order valence-corrected chi connectivity index (χ3v) is 5.26. The van der Waals surface area contributed by atoms with E-state index in [1.54, 1.807) is 0 Å². The van der Waals surface area contributed by atoms with Gasteiger partial charge in [0.05, 0.1) is 25.1 Å². The molecule has 0 aromatic carbocycles. The van der Waals surface area contributed by atoms with Crippen molar-refractivity contribution in [1.82, 2.24) is 19.8 Å². The Bertz CT molecular complexity index is 541. The summed E-state index contributed by atoms with van der Waals surface area (Å²) in [7, 11) is 0. The molecule has 0 radical (unpaired) electrons. The third-order valence-electron chi connectivity index (χ3n) is 5.26. The van der Waals surface area contributed by atoms with Crippen LogP contribution in [0, 0.1) is 0 Å². The minimum atomic E-state index is 0. The van der Waals surface area contributed by atoms with Gasteiger partial charge >= 0.3 is 0 Å². The fraction of sp³-hybridized carbons (Fsp3) is 0.800. The molecule has 1 unspecified atom stereocenters.